The SMILES string of the molecule is CCC(CC)NC1CNCCN1. The minimum Gasteiger partial charge on any atom is -0.313 e. The zero-order chi connectivity index (χ0) is 8.81. The number of nitrogens with one attached hydrogen (secondary N) is 3. The third-order valence-electron chi connectivity index (χ3n) is 2.46. The van der Waals surface area contributed by atoms with E-state index in [-0.39, 0.29) is 0 Å². The van der Waals surface area contributed by atoms with Crippen molar-refractivity contribution in [3.05, 3.63) is 0 Å². The van der Waals surface area contributed by atoms with Gasteiger partial charge in [-0.3, -0.25) is 10.6 Å². The van der Waals surface area contributed by atoms with E-state index >= 15 is 0 Å². The zero-order valence-electron chi connectivity index (χ0n) is 8.19. The van der Waals surface area contributed by atoms with Crippen LogP contribution in [0.1, 0.15) is 26.7 Å². The van der Waals surface area contributed by atoms with Gasteiger partial charge in [0, 0.05) is 25.7 Å². The van der Waals surface area contributed by atoms with E-state index in [0.29, 0.717) is 12.2 Å². The summed E-state index contributed by atoms with van der Waals surface area (Å²) in [4.78, 5) is 0. The molecule has 0 bridgehead atoms. The van der Waals surface area contributed by atoms with Crippen LogP contribution < -0.4 is 16.0 Å². The van der Waals surface area contributed by atoms with Gasteiger partial charge < -0.3 is 5.32 Å². The van der Waals surface area contributed by atoms with Gasteiger partial charge in [0.05, 0.1) is 6.17 Å². The monoisotopic (exact) mass is 171 g/mol. The van der Waals surface area contributed by atoms with Crippen LogP contribution in [0, 0.1) is 0 Å². The summed E-state index contributed by atoms with van der Waals surface area (Å²) >= 11 is 0. The predicted octanol–water partition coefficient (Wildman–Crippen LogP) is 0.284. The van der Waals surface area contributed by atoms with Gasteiger partial charge >= 0.3 is 0 Å². The standard InChI is InChI=1S/C9H21N3/c1-3-8(4-2)12-9-7-10-5-6-11-9/h8-12H,3-7H2,1-2H3. The molecule has 1 unspecified atom stereocenters. The quantitative estimate of drug-likeness (QED) is 0.569. The summed E-state index contributed by atoms with van der Waals surface area (Å²) in [5.74, 6) is 0. The molecule has 3 nitrogen and oxygen atoms in total. The lowest BCUT2D eigenvalue weighted by Crippen LogP contribution is -2.57. The van der Waals surface area contributed by atoms with Crippen molar-refractivity contribution in [2.75, 3.05) is 19.6 Å². The molecule has 1 aliphatic heterocycles. The highest BCUT2D eigenvalue weighted by atomic mass is 15.2. The molecule has 1 fully saturated rings. The van der Waals surface area contributed by atoms with Crippen LogP contribution in [-0.2, 0) is 0 Å². The van der Waals surface area contributed by atoms with E-state index in [2.05, 4.69) is 29.8 Å². The maximum atomic E-state index is 3.58. The third-order valence-corrected chi connectivity index (χ3v) is 2.46. The Hall–Kier alpha value is -0.120. The maximum Gasteiger partial charge on any atom is 0.0703 e. The van der Waals surface area contributed by atoms with Gasteiger partial charge in [-0.1, -0.05) is 13.8 Å². The molecule has 3 N–H and O–H groups in total. The molecule has 12 heavy (non-hydrogen) atoms. The Balaban J connectivity index is 2.18. The topological polar surface area (TPSA) is 36.1 Å². The summed E-state index contributed by atoms with van der Waals surface area (Å²) in [5, 5.41) is 10.4. The molecular weight excluding hydrogens is 150 g/mol. The molecule has 0 aromatic heterocycles. The molecule has 1 heterocycles. The Labute approximate surface area is 75.3 Å². The van der Waals surface area contributed by atoms with E-state index in [0.717, 1.165) is 19.6 Å². The summed E-state index contributed by atoms with van der Waals surface area (Å²) in [6, 6.07) is 0.669. The fourth-order valence-corrected chi connectivity index (χ4v) is 1.58. The van der Waals surface area contributed by atoms with Gasteiger partial charge in [-0.2, -0.15) is 0 Å². The molecule has 0 aromatic rings. The normalized spacial score (nSPS) is 24.8. The van der Waals surface area contributed by atoms with Crippen LogP contribution in [0.2, 0.25) is 0 Å². The van der Waals surface area contributed by atoms with Crippen LogP contribution in [0.3, 0.4) is 0 Å². The smallest absolute Gasteiger partial charge is 0.0703 e. The van der Waals surface area contributed by atoms with E-state index in [4.69, 9.17) is 0 Å². The summed E-state index contributed by atoms with van der Waals surface area (Å²) in [6.07, 6.45) is 2.91. The Bertz CT molecular complexity index is 106. The van der Waals surface area contributed by atoms with Crippen molar-refractivity contribution in [3.8, 4) is 0 Å². The lowest BCUT2D eigenvalue weighted by molar-refractivity contribution is 0.316. The van der Waals surface area contributed by atoms with Gasteiger partial charge in [0.15, 0.2) is 0 Å². The molecular formula is C9H21N3. The fourth-order valence-electron chi connectivity index (χ4n) is 1.58. The minimum absolute atomic E-state index is 0.476. The molecule has 72 valence electrons. The molecule has 1 rings (SSSR count). The maximum absolute atomic E-state index is 3.58. The van der Waals surface area contributed by atoms with E-state index in [9.17, 15) is 0 Å². The summed E-state index contributed by atoms with van der Waals surface area (Å²) in [6.45, 7) is 7.70. The van der Waals surface area contributed by atoms with Crippen LogP contribution in [0.4, 0.5) is 0 Å². The molecule has 0 aliphatic carbocycles. The van der Waals surface area contributed by atoms with E-state index in [1.807, 2.05) is 0 Å². The summed E-state index contributed by atoms with van der Waals surface area (Å²) < 4.78 is 0. The molecule has 3 heteroatoms. The van der Waals surface area contributed by atoms with Crippen LogP contribution in [-0.4, -0.2) is 31.8 Å². The predicted molar refractivity (Wildman–Crippen MR) is 52.2 cm³/mol. The number of rotatable bonds is 4. The van der Waals surface area contributed by atoms with E-state index in [1.54, 1.807) is 0 Å². The van der Waals surface area contributed by atoms with Crippen LogP contribution in [0.15, 0.2) is 0 Å². The molecule has 1 atom stereocenters. The molecule has 0 saturated carbocycles. The van der Waals surface area contributed by atoms with Crippen LogP contribution in [0.25, 0.3) is 0 Å². The van der Waals surface area contributed by atoms with Crippen LogP contribution >= 0.6 is 0 Å². The van der Waals surface area contributed by atoms with Gasteiger partial charge in [-0.25, -0.2) is 0 Å². The lowest BCUT2D eigenvalue weighted by atomic mass is 10.1. The zero-order valence-corrected chi connectivity index (χ0v) is 8.19. The highest BCUT2D eigenvalue weighted by Gasteiger charge is 2.13. The average Bonchev–Trinajstić information content (AvgIpc) is 2.16. The summed E-state index contributed by atoms with van der Waals surface area (Å²) in [7, 11) is 0. The molecule has 1 aliphatic rings. The first-order valence-corrected chi connectivity index (χ1v) is 5.07. The Kier molecular flexibility index (Phi) is 4.58. The van der Waals surface area contributed by atoms with Crippen molar-refractivity contribution in [1.82, 2.24) is 16.0 Å². The second-order valence-corrected chi connectivity index (χ2v) is 3.39. The highest BCUT2D eigenvalue weighted by molar-refractivity contribution is 4.76. The molecule has 1 saturated heterocycles. The van der Waals surface area contributed by atoms with Gasteiger partial charge in [-0.05, 0) is 12.8 Å². The molecule has 0 radical (unpaired) electrons. The minimum atomic E-state index is 0.476. The lowest BCUT2D eigenvalue weighted by Gasteiger charge is -2.29. The largest absolute Gasteiger partial charge is 0.313 e. The second kappa shape index (κ2) is 5.51. The van der Waals surface area contributed by atoms with Crippen molar-refractivity contribution < 1.29 is 0 Å². The van der Waals surface area contributed by atoms with Gasteiger partial charge in [0.1, 0.15) is 0 Å². The fraction of sp³-hybridized carbons (Fsp3) is 1.00. The van der Waals surface area contributed by atoms with E-state index < -0.39 is 0 Å². The summed E-state index contributed by atoms with van der Waals surface area (Å²) in [5.41, 5.74) is 0. The Morgan fingerprint density at radius 2 is 2.08 bits per heavy atom. The molecule has 0 spiro atoms. The highest BCUT2D eigenvalue weighted by Crippen LogP contribution is 1.97. The first-order valence-electron chi connectivity index (χ1n) is 5.07. The van der Waals surface area contributed by atoms with Crippen molar-refractivity contribution >= 4 is 0 Å². The van der Waals surface area contributed by atoms with Crippen molar-refractivity contribution in [3.63, 3.8) is 0 Å². The Morgan fingerprint density at radius 1 is 1.33 bits per heavy atom. The van der Waals surface area contributed by atoms with Crippen molar-refractivity contribution in [1.29, 1.82) is 0 Å². The van der Waals surface area contributed by atoms with Gasteiger partial charge in [0.25, 0.3) is 0 Å². The number of hydrogen-bond acceptors (Lipinski definition) is 3. The molecule has 0 amide bonds. The third kappa shape index (κ3) is 3.09. The van der Waals surface area contributed by atoms with Crippen molar-refractivity contribution in [2.24, 2.45) is 0 Å². The van der Waals surface area contributed by atoms with E-state index in [1.165, 1.54) is 12.8 Å². The van der Waals surface area contributed by atoms with Crippen LogP contribution in [0.5, 0.6) is 0 Å². The van der Waals surface area contributed by atoms with Gasteiger partial charge in [-0.15, -0.1) is 0 Å². The Morgan fingerprint density at radius 3 is 2.58 bits per heavy atom. The number of hydrogen-bond donors (Lipinski definition) is 3. The molecule has 0 aromatic carbocycles. The first-order chi connectivity index (χ1) is 5.86. The number of piperazine rings is 1. The average molecular weight is 171 g/mol. The first kappa shape index (κ1) is 9.96. The van der Waals surface area contributed by atoms with Crippen molar-refractivity contribution in [2.45, 2.75) is 38.9 Å². The van der Waals surface area contributed by atoms with Gasteiger partial charge in [0.2, 0.25) is 0 Å². The second-order valence-electron chi connectivity index (χ2n) is 3.39.